The van der Waals surface area contributed by atoms with Crippen molar-refractivity contribution in [2.45, 2.75) is 37.8 Å². The Hall–Kier alpha value is -2.02. The second kappa shape index (κ2) is 7.47. The summed E-state index contributed by atoms with van der Waals surface area (Å²) >= 11 is 0. The molecule has 4 nitrogen and oxygen atoms in total. The van der Waals surface area contributed by atoms with Crippen molar-refractivity contribution in [3.8, 4) is 5.88 Å². The Morgan fingerprint density at radius 2 is 1.88 bits per heavy atom. The lowest BCUT2D eigenvalue weighted by Crippen LogP contribution is -2.34. The highest BCUT2D eigenvalue weighted by Gasteiger charge is 2.28. The Bertz CT molecular complexity index is 682. The Kier molecular flexibility index (Phi) is 5.32. The first-order valence-corrected chi connectivity index (χ1v) is 8.49. The van der Waals surface area contributed by atoms with E-state index in [2.05, 4.69) is 15.5 Å². The first kappa shape index (κ1) is 17.8. The van der Waals surface area contributed by atoms with Gasteiger partial charge in [-0.05, 0) is 30.4 Å². The normalized spacial score (nSPS) is 21.3. The first-order chi connectivity index (χ1) is 11.9. The second-order valence-corrected chi connectivity index (χ2v) is 6.42. The molecule has 0 saturated carbocycles. The van der Waals surface area contributed by atoms with E-state index in [1.54, 1.807) is 12.1 Å². The minimum atomic E-state index is -4.17. The summed E-state index contributed by atoms with van der Waals surface area (Å²) in [7, 11) is 0. The van der Waals surface area contributed by atoms with Gasteiger partial charge < -0.3 is 10.1 Å². The minimum absolute atomic E-state index is 0.262. The molecule has 2 unspecified atom stereocenters. The standard InChI is InChI=1S/C18H22F3N3O/c1-2-25-17-8-16(23-24-17)15-7-14(10-22-11-15)13-5-3-12(4-6-13)9-18(19,20)21/h3-6,8,14-15,22H,2,7,9-11H2,1H3,(H,23,24). The van der Waals surface area contributed by atoms with Gasteiger partial charge >= 0.3 is 6.18 Å². The van der Waals surface area contributed by atoms with Crippen LogP contribution in [0.25, 0.3) is 0 Å². The predicted molar refractivity (Wildman–Crippen MR) is 88.9 cm³/mol. The highest BCUT2D eigenvalue weighted by Crippen LogP contribution is 2.33. The summed E-state index contributed by atoms with van der Waals surface area (Å²) in [5.41, 5.74) is 2.38. The highest BCUT2D eigenvalue weighted by atomic mass is 19.4. The monoisotopic (exact) mass is 353 g/mol. The lowest BCUT2D eigenvalue weighted by Gasteiger charge is -2.29. The van der Waals surface area contributed by atoms with Gasteiger partial charge in [0.2, 0.25) is 5.88 Å². The zero-order chi connectivity index (χ0) is 17.9. The number of aromatic nitrogens is 2. The third-order valence-electron chi connectivity index (χ3n) is 4.51. The number of aromatic amines is 1. The molecule has 1 aliphatic rings. The van der Waals surface area contributed by atoms with Crippen LogP contribution in [-0.4, -0.2) is 36.1 Å². The average Bonchev–Trinajstić information content (AvgIpc) is 3.03. The minimum Gasteiger partial charge on any atom is -0.477 e. The number of rotatable bonds is 5. The molecule has 2 aromatic rings. The zero-order valence-electron chi connectivity index (χ0n) is 14.1. The molecule has 1 aromatic carbocycles. The van der Waals surface area contributed by atoms with Crippen LogP contribution in [0.2, 0.25) is 0 Å². The van der Waals surface area contributed by atoms with E-state index in [1.165, 1.54) is 0 Å². The number of piperidine rings is 1. The van der Waals surface area contributed by atoms with Crippen molar-refractivity contribution in [3.05, 3.63) is 47.2 Å². The Morgan fingerprint density at radius 1 is 1.16 bits per heavy atom. The maximum absolute atomic E-state index is 12.5. The molecular weight excluding hydrogens is 331 g/mol. The van der Waals surface area contributed by atoms with Crippen LogP contribution in [0.3, 0.4) is 0 Å². The van der Waals surface area contributed by atoms with Gasteiger partial charge in [0.25, 0.3) is 0 Å². The van der Waals surface area contributed by atoms with E-state index in [0.29, 0.717) is 18.1 Å². The van der Waals surface area contributed by atoms with Gasteiger partial charge in [0, 0.05) is 30.8 Å². The van der Waals surface area contributed by atoms with E-state index in [0.717, 1.165) is 30.8 Å². The molecular formula is C18H22F3N3O. The van der Waals surface area contributed by atoms with Gasteiger partial charge in [0.05, 0.1) is 13.0 Å². The number of hydrogen-bond donors (Lipinski definition) is 2. The number of nitrogens with zero attached hydrogens (tertiary/aromatic N) is 1. The molecule has 1 saturated heterocycles. The molecule has 0 radical (unpaired) electrons. The van der Waals surface area contributed by atoms with E-state index >= 15 is 0 Å². The Balaban J connectivity index is 1.66. The highest BCUT2D eigenvalue weighted by molar-refractivity contribution is 5.28. The van der Waals surface area contributed by atoms with Crippen LogP contribution in [0.4, 0.5) is 13.2 Å². The molecule has 0 spiro atoms. The van der Waals surface area contributed by atoms with Crippen LogP contribution >= 0.6 is 0 Å². The van der Waals surface area contributed by atoms with E-state index in [4.69, 9.17) is 4.74 Å². The summed E-state index contributed by atoms with van der Waals surface area (Å²) in [5, 5.41) is 10.6. The molecule has 2 atom stereocenters. The predicted octanol–water partition coefficient (Wildman–Crippen LogP) is 3.77. The van der Waals surface area contributed by atoms with Crippen molar-refractivity contribution in [1.82, 2.24) is 15.5 Å². The summed E-state index contributed by atoms with van der Waals surface area (Å²) in [6, 6.07) is 8.71. The summed E-state index contributed by atoms with van der Waals surface area (Å²) in [5.74, 6) is 1.13. The molecule has 1 fully saturated rings. The number of ether oxygens (including phenoxy) is 1. The number of alkyl halides is 3. The Morgan fingerprint density at radius 3 is 2.56 bits per heavy atom. The number of H-pyrrole nitrogens is 1. The van der Waals surface area contributed by atoms with E-state index < -0.39 is 12.6 Å². The van der Waals surface area contributed by atoms with Crippen molar-refractivity contribution < 1.29 is 17.9 Å². The van der Waals surface area contributed by atoms with Crippen LogP contribution in [-0.2, 0) is 6.42 Å². The van der Waals surface area contributed by atoms with Crippen molar-refractivity contribution in [2.75, 3.05) is 19.7 Å². The lowest BCUT2D eigenvalue weighted by atomic mass is 9.84. The molecule has 0 amide bonds. The molecule has 1 aliphatic heterocycles. The quantitative estimate of drug-likeness (QED) is 0.860. The van der Waals surface area contributed by atoms with Gasteiger partial charge in [-0.25, -0.2) is 0 Å². The second-order valence-electron chi connectivity index (χ2n) is 6.42. The first-order valence-electron chi connectivity index (χ1n) is 8.49. The van der Waals surface area contributed by atoms with Crippen molar-refractivity contribution in [3.63, 3.8) is 0 Å². The van der Waals surface area contributed by atoms with E-state index in [1.807, 2.05) is 25.1 Å². The molecule has 25 heavy (non-hydrogen) atoms. The number of nitrogens with one attached hydrogen (secondary N) is 2. The number of benzene rings is 1. The summed E-state index contributed by atoms with van der Waals surface area (Å²) in [4.78, 5) is 0. The third-order valence-corrected chi connectivity index (χ3v) is 4.51. The fourth-order valence-electron chi connectivity index (χ4n) is 3.32. The van der Waals surface area contributed by atoms with Gasteiger partial charge in [0.15, 0.2) is 0 Å². The molecule has 2 heterocycles. The molecule has 1 aromatic heterocycles. The van der Waals surface area contributed by atoms with Crippen molar-refractivity contribution in [2.24, 2.45) is 0 Å². The number of halogens is 3. The Labute approximate surface area is 144 Å². The molecule has 7 heteroatoms. The molecule has 3 rings (SSSR count). The fourth-order valence-corrected chi connectivity index (χ4v) is 3.32. The zero-order valence-corrected chi connectivity index (χ0v) is 14.1. The molecule has 0 aliphatic carbocycles. The summed E-state index contributed by atoms with van der Waals surface area (Å²) in [6.45, 7) is 4.15. The van der Waals surface area contributed by atoms with Crippen LogP contribution < -0.4 is 10.1 Å². The van der Waals surface area contributed by atoms with Crippen LogP contribution in [0, 0.1) is 0 Å². The average molecular weight is 353 g/mol. The maximum atomic E-state index is 12.5. The van der Waals surface area contributed by atoms with Crippen molar-refractivity contribution in [1.29, 1.82) is 0 Å². The molecule has 136 valence electrons. The van der Waals surface area contributed by atoms with Crippen LogP contribution in [0.15, 0.2) is 30.3 Å². The SMILES string of the molecule is CCOc1cc(C2CNCC(c3ccc(CC(F)(F)F)cc3)C2)[nH]n1. The van der Waals surface area contributed by atoms with Crippen LogP contribution in [0.1, 0.15) is 42.0 Å². The molecule has 0 bridgehead atoms. The third kappa shape index (κ3) is 4.75. The van der Waals surface area contributed by atoms with E-state index in [-0.39, 0.29) is 11.8 Å². The van der Waals surface area contributed by atoms with Gasteiger partial charge in [-0.15, -0.1) is 5.10 Å². The van der Waals surface area contributed by atoms with E-state index in [9.17, 15) is 13.2 Å². The summed E-state index contributed by atoms with van der Waals surface area (Å²) in [6.07, 6.45) is -4.13. The van der Waals surface area contributed by atoms with Gasteiger partial charge in [-0.3, -0.25) is 5.10 Å². The largest absolute Gasteiger partial charge is 0.477 e. The topological polar surface area (TPSA) is 49.9 Å². The molecule has 2 N–H and O–H groups in total. The van der Waals surface area contributed by atoms with Gasteiger partial charge in [0.1, 0.15) is 0 Å². The lowest BCUT2D eigenvalue weighted by molar-refractivity contribution is -0.127. The van der Waals surface area contributed by atoms with Crippen LogP contribution in [0.5, 0.6) is 5.88 Å². The van der Waals surface area contributed by atoms with Gasteiger partial charge in [-0.2, -0.15) is 13.2 Å². The maximum Gasteiger partial charge on any atom is 0.393 e. The van der Waals surface area contributed by atoms with Crippen molar-refractivity contribution >= 4 is 0 Å². The van der Waals surface area contributed by atoms with Gasteiger partial charge in [-0.1, -0.05) is 24.3 Å². The summed E-state index contributed by atoms with van der Waals surface area (Å²) < 4.78 is 42.8. The fraction of sp³-hybridized carbons (Fsp3) is 0.500. The smallest absolute Gasteiger partial charge is 0.393 e. The number of hydrogen-bond acceptors (Lipinski definition) is 3.